The summed E-state index contributed by atoms with van der Waals surface area (Å²) in [4.78, 5) is 17.0. The van der Waals surface area contributed by atoms with Crippen molar-refractivity contribution >= 4 is 5.91 Å². The van der Waals surface area contributed by atoms with Crippen LogP contribution in [0.25, 0.3) is 0 Å². The van der Waals surface area contributed by atoms with Crippen LogP contribution < -0.4 is 0 Å². The molecule has 0 aliphatic carbocycles. The monoisotopic (exact) mass is 219 g/mol. The molecule has 0 bridgehead atoms. The topological polar surface area (TPSA) is 57.0 Å². The lowest BCUT2D eigenvalue weighted by Gasteiger charge is -2.19. The number of likely N-dealkylation sites (tertiary alicyclic amines) is 1. The molecule has 2 rings (SSSR count). The van der Waals surface area contributed by atoms with Crippen LogP contribution in [0.15, 0.2) is 18.5 Å². The normalized spacial score (nSPS) is 19.5. The predicted molar refractivity (Wildman–Crippen MR) is 53.9 cm³/mol. The zero-order valence-electron chi connectivity index (χ0n) is 8.56. The second-order valence-electron chi connectivity index (χ2n) is 3.68. The number of carbonyl (C=O) groups excluding carboxylic acids is 1. The molecule has 1 fully saturated rings. The number of aromatic nitrogens is 1. The van der Waals surface area contributed by atoms with Crippen molar-refractivity contribution in [2.45, 2.75) is 18.9 Å². The number of pyridine rings is 1. The summed E-state index contributed by atoms with van der Waals surface area (Å²) in [6.07, 6.45) is 3.86. The van der Waals surface area contributed by atoms with Gasteiger partial charge in [-0.1, -0.05) is 0 Å². The van der Waals surface area contributed by atoms with E-state index in [4.69, 9.17) is 5.26 Å². The van der Waals surface area contributed by atoms with Crippen molar-refractivity contribution < 1.29 is 9.18 Å². The van der Waals surface area contributed by atoms with Crippen molar-refractivity contribution in [3.8, 4) is 6.07 Å². The zero-order valence-corrected chi connectivity index (χ0v) is 8.56. The maximum absolute atomic E-state index is 12.9. The molecule has 82 valence electrons. The molecule has 1 aliphatic heterocycles. The van der Waals surface area contributed by atoms with E-state index in [0.717, 1.165) is 18.7 Å². The Morgan fingerprint density at radius 1 is 1.62 bits per heavy atom. The fourth-order valence-electron chi connectivity index (χ4n) is 1.84. The molecule has 1 aromatic rings. The smallest absolute Gasteiger partial charge is 0.256 e. The number of halogens is 1. The summed E-state index contributed by atoms with van der Waals surface area (Å²) in [6.45, 7) is 0.549. The minimum atomic E-state index is -0.543. The van der Waals surface area contributed by atoms with Gasteiger partial charge in [0.1, 0.15) is 11.9 Å². The molecule has 0 aromatic carbocycles. The quantitative estimate of drug-likeness (QED) is 0.716. The lowest BCUT2D eigenvalue weighted by molar-refractivity contribution is 0.0764. The molecular weight excluding hydrogens is 209 g/mol. The number of hydrogen-bond acceptors (Lipinski definition) is 3. The van der Waals surface area contributed by atoms with E-state index < -0.39 is 11.9 Å². The van der Waals surface area contributed by atoms with Crippen molar-refractivity contribution in [2.75, 3.05) is 6.54 Å². The van der Waals surface area contributed by atoms with Crippen LogP contribution in [0.1, 0.15) is 23.2 Å². The van der Waals surface area contributed by atoms with Gasteiger partial charge in [0.25, 0.3) is 5.91 Å². The third-order valence-electron chi connectivity index (χ3n) is 2.61. The average molecular weight is 219 g/mol. The Morgan fingerprint density at radius 3 is 3.12 bits per heavy atom. The van der Waals surface area contributed by atoms with Gasteiger partial charge in [-0.3, -0.25) is 9.78 Å². The lowest BCUT2D eigenvalue weighted by atomic mass is 10.2. The van der Waals surface area contributed by atoms with Gasteiger partial charge in [-0.25, -0.2) is 4.39 Å². The predicted octanol–water partition coefficient (Wildman–Crippen LogP) is 1.35. The fraction of sp³-hybridized carbons (Fsp3) is 0.364. The van der Waals surface area contributed by atoms with Gasteiger partial charge in [-0.05, 0) is 18.9 Å². The average Bonchev–Trinajstić information content (AvgIpc) is 2.76. The maximum atomic E-state index is 12.9. The Bertz CT molecular complexity index is 455. The van der Waals surface area contributed by atoms with E-state index in [-0.39, 0.29) is 11.5 Å². The van der Waals surface area contributed by atoms with Crippen molar-refractivity contribution in [1.29, 1.82) is 5.26 Å². The van der Waals surface area contributed by atoms with E-state index in [1.54, 1.807) is 0 Å². The fourth-order valence-corrected chi connectivity index (χ4v) is 1.84. The maximum Gasteiger partial charge on any atom is 0.256 e. The van der Waals surface area contributed by atoms with Crippen LogP contribution in [0.2, 0.25) is 0 Å². The molecule has 1 amide bonds. The summed E-state index contributed by atoms with van der Waals surface area (Å²) < 4.78 is 12.9. The number of rotatable bonds is 1. The Balaban J connectivity index is 2.23. The first kappa shape index (κ1) is 10.6. The molecule has 0 N–H and O–H groups in total. The Morgan fingerprint density at radius 2 is 2.44 bits per heavy atom. The first-order chi connectivity index (χ1) is 7.72. The first-order valence-electron chi connectivity index (χ1n) is 5.03. The van der Waals surface area contributed by atoms with Gasteiger partial charge in [0.15, 0.2) is 0 Å². The molecule has 1 aliphatic rings. The largest absolute Gasteiger partial charge is 0.323 e. The standard InChI is InChI=1S/C11H10FN3O/c12-9-4-8(6-14-7-9)11(16)15-3-1-2-10(15)5-13/h4,6-7,10H,1-3H2. The Labute approximate surface area is 92.3 Å². The number of nitrogens with zero attached hydrogens (tertiary/aromatic N) is 3. The minimum Gasteiger partial charge on any atom is -0.323 e. The van der Waals surface area contributed by atoms with E-state index in [2.05, 4.69) is 11.1 Å². The molecule has 0 radical (unpaired) electrons. The molecule has 1 atom stereocenters. The summed E-state index contributed by atoms with van der Waals surface area (Å²) in [5.74, 6) is -0.866. The van der Waals surface area contributed by atoms with Gasteiger partial charge >= 0.3 is 0 Å². The third kappa shape index (κ3) is 1.87. The van der Waals surface area contributed by atoms with Gasteiger partial charge in [-0.2, -0.15) is 5.26 Å². The highest BCUT2D eigenvalue weighted by molar-refractivity contribution is 5.94. The molecule has 1 aromatic heterocycles. The van der Waals surface area contributed by atoms with Crippen LogP contribution in [0.5, 0.6) is 0 Å². The zero-order chi connectivity index (χ0) is 11.5. The van der Waals surface area contributed by atoms with Crippen molar-refractivity contribution in [2.24, 2.45) is 0 Å². The van der Waals surface area contributed by atoms with Crippen molar-refractivity contribution in [3.05, 3.63) is 29.8 Å². The SMILES string of the molecule is N#CC1CCCN1C(=O)c1cncc(F)c1. The highest BCUT2D eigenvalue weighted by Gasteiger charge is 2.29. The van der Waals surface area contributed by atoms with Crippen molar-refractivity contribution in [3.63, 3.8) is 0 Å². The minimum absolute atomic E-state index is 0.196. The van der Waals surface area contributed by atoms with Crippen LogP contribution in [-0.2, 0) is 0 Å². The van der Waals surface area contributed by atoms with E-state index in [1.807, 2.05) is 0 Å². The number of nitriles is 1. The molecule has 1 unspecified atom stereocenters. The molecule has 4 nitrogen and oxygen atoms in total. The summed E-state index contributed by atoms with van der Waals surface area (Å²) >= 11 is 0. The molecule has 1 saturated heterocycles. The van der Waals surface area contributed by atoms with Gasteiger partial charge in [0.2, 0.25) is 0 Å². The Kier molecular flexibility index (Phi) is 2.82. The second kappa shape index (κ2) is 4.27. The van der Waals surface area contributed by atoms with E-state index in [9.17, 15) is 9.18 Å². The number of amides is 1. The van der Waals surface area contributed by atoms with E-state index in [1.165, 1.54) is 11.1 Å². The summed E-state index contributed by atoms with van der Waals surface area (Å²) in [5, 5.41) is 8.85. The van der Waals surface area contributed by atoms with Gasteiger partial charge in [0, 0.05) is 12.7 Å². The van der Waals surface area contributed by atoms with Crippen LogP contribution >= 0.6 is 0 Å². The van der Waals surface area contributed by atoms with Gasteiger partial charge in [-0.15, -0.1) is 0 Å². The number of hydrogen-bond donors (Lipinski definition) is 0. The highest BCUT2D eigenvalue weighted by atomic mass is 19.1. The van der Waals surface area contributed by atoms with Crippen LogP contribution in [0.4, 0.5) is 4.39 Å². The van der Waals surface area contributed by atoms with Crippen LogP contribution in [0.3, 0.4) is 0 Å². The van der Waals surface area contributed by atoms with Gasteiger partial charge < -0.3 is 4.90 Å². The molecular formula is C11H10FN3O. The molecule has 0 spiro atoms. The van der Waals surface area contributed by atoms with E-state index in [0.29, 0.717) is 13.0 Å². The molecule has 16 heavy (non-hydrogen) atoms. The summed E-state index contributed by atoms with van der Waals surface area (Å²) in [6, 6.07) is 2.82. The van der Waals surface area contributed by atoms with Gasteiger partial charge in [0.05, 0.1) is 17.8 Å². The first-order valence-corrected chi connectivity index (χ1v) is 5.03. The number of carbonyl (C=O) groups is 1. The Hall–Kier alpha value is -1.96. The molecule has 5 heteroatoms. The second-order valence-corrected chi connectivity index (χ2v) is 3.68. The van der Waals surface area contributed by atoms with Crippen molar-refractivity contribution in [1.82, 2.24) is 9.88 Å². The van der Waals surface area contributed by atoms with Crippen LogP contribution in [-0.4, -0.2) is 28.4 Å². The van der Waals surface area contributed by atoms with Crippen LogP contribution in [0, 0.1) is 17.1 Å². The molecule has 0 saturated carbocycles. The molecule has 2 heterocycles. The highest BCUT2D eigenvalue weighted by Crippen LogP contribution is 2.19. The summed E-state index contributed by atoms with van der Waals surface area (Å²) in [7, 11) is 0. The lowest BCUT2D eigenvalue weighted by Crippen LogP contribution is -2.34. The van der Waals surface area contributed by atoms with E-state index >= 15 is 0 Å². The summed E-state index contributed by atoms with van der Waals surface area (Å²) in [5.41, 5.74) is 0.196. The third-order valence-corrected chi connectivity index (χ3v) is 2.61.